The van der Waals surface area contributed by atoms with Crippen LogP contribution >= 0.6 is 0 Å². The molecule has 0 radical (unpaired) electrons. The average molecular weight is 262 g/mol. The summed E-state index contributed by atoms with van der Waals surface area (Å²) < 4.78 is 5.66. The van der Waals surface area contributed by atoms with E-state index in [4.69, 9.17) is 10.2 Å². The van der Waals surface area contributed by atoms with Gasteiger partial charge in [-0.2, -0.15) is 4.98 Å². The molecule has 1 unspecified atom stereocenters. The van der Waals surface area contributed by atoms with Gasteiger partial charge in [-0.05, 0) is 18.9 Å². The van der Waals surface area contributed by atoms with Crippen LogP contribution in [0.2, 0.25) is 0 Å². The van der Waals surface area contributed by atoms with Gasteiger partial charge < -0.3 is 15.1 Å². The molecule has 7 nitrogen and oxygen atoms in total. The number of hydrogen-bond acceptors (Lipinski definition) is 6. The molecule has 1 fully saturated rings. The van der Waals surface area contributed by atoms with Gasteiger partial charge in [-0.3, -0.25) is 10.1 Å². The van der Waals surface area contributed by atoms with Gasteiger partial charge in [0.05, 0.1) is 4.92 Å². The lowest BCUT2D eigenvalue weighted by Crippen LogP contribution is -2.35. The molecule has 2 aromatic rings. The monoisotopic (exact) mass is 262 g/mol. The van der Waals surface area contributed by atoms with E-state index in [2.05, 4.69) is 4.98 Å². The number of rotatable bonds is 3. The van der Waals surface area contributed by atoms with Gasteiger partial charge in [-0.15, -0.1) is 0 Å². The summed E-state index contributed by atoms with van der Waals surface area (Å²) in [5.41, 5.74) is 6.80. The van der Waals surface area contributed by atoms with E-state index in [1.807, 2.05) is 4.90 Å². The standard InChI is InChI=1S/C12H14N4O3/c13-7-9-2-1-5-15(9)12-14-10-6-8(16(17)18)3-4-11(10)19-12/h3-4,6,9H,1-2,5,7,13H2. The first-order valence-electron chi connectivity index (χ1n) is 6.21. The Morgan fingerprint density at radius 2 is 2.42 bits per heavy atom. The van der Waals surface area contributed by atoms with E-state index in [1.54, 1.807) is 6.07 Å². The highest BCUT2D eigenvalue weighted by Crippen LogP contribution is 2.29. The third-order valence-electron chi connectivity index (χ3n) is 3.47. The van der Waals surface area contributed by atoms with E-state index in [0.29, 0.717) is 23.7 Å². The molecule has 3 rings (SSSR count). The highest BCUT2D eigenvalue weighted by atomic mass is 16.6. The zero-order valence-corrected chi connectivity index (χ0v) is 10.3. The fraction of sp³-hybridized carbons (Fsp3) is 0.417. The van der Waals surface area contributed by atoms with Gasteiger partial charge >= 0.3 is 0 Å². The number of anilines is 1. The van der Waals surface area contributed by atoms with Crippen LogP contribution in [0.3, 0.4) is 0 Å². The molecule has 2 heterocycles. The van der Waals surface area contributed by atoms with Crippen LogP contribution < -0.4 is 10.6 Å². The molecule has 1 saturated heterocycles. The van der Waals surface area contributed by atoms with Gasteiger partial charge in [0.1, 0.15) is 5.52 Å². The molecule has 1 aromatic carbocycles. The van der Waals surface area contributed by atoms with Gasteiger partial charge in [-0.1, -0.05) is 0 Å². The summed E-state index contributed by atoms with van der Waals surface area (Å²) in [7, 11) is 0. The summed E-state index contributed by atoms with van der Waals surface area (Å²) >= 11 is 0. The lowest BCUT2D eigenvalue weighted by molar-refractivity contribution is -0.384. The van der Waals surface area contributed by atoms with E-state index in [9.17, 15) is 10.1 Å². The van der Waals surface area contributed by atoms with Gasteiger partial charge in [0.15, 0.2) is 5.58 Å². The third kappa shape index (κ3) is 2.01. The molecule has 1 aliphatic rings. The molecular weight excluding hydrogens is 248 g/mol. The van der Waals surface area contributed by atoms with Crippen LogP contribution in [0, 0.1) is 10.1 Å². The smallest absolute Gasteiger partial charge is 0.298 e. The highest BCUT2D eigenvalue weighted by Gasteiger charge is 2.27. The van der Waals surface area contributed by atoms with Crippen LogP contribution in [0.15, 0.2) is 22.6 Å². The van der Waals surface area contributed by atoms with Crippen molar-refractivity contribution in [1.29, 1.82) is 0 Å². The highest BCUT2D eigenvalue weighted by molar-refractivity contribution is 5.77. The zero-order chi connectivity index (χ0) is 13.4. The molecule has 0 saturated carbocycles. The van der Waals surface area contributed by atoms with Crippen LogP contribution in [0.25, 0.3) is 11.1 Å². The Bertz CT molecular complexity index is 624. The third-order valence-corrected chi connectivity index (χ3v) is 3.47. The van der Waals surface area contributed by atoms with Crippen LogP contribution in [0.5, 0.6) is 0 Å². The number of nitro groups is 1. The minimum absolute atomic E-state index is 0.0177. The van der Waals surface area contributed by atoms with E-state index >= 15 is 0 Å². The number of benzene rings is 1. The lowest BCUT2D eigenvalue weighted by Gasteiger charge is -2.20. The number of nitro benzene ring substituents is 1. The Balaban J connectivity index is 1.99. The lowest BCUT2D eigenvalue weighted by atomic mass is 10.2. The summed E-state index contributed by atoms with van der Waals surface area (Å²) in [5, 5.41) is 10.7. The quantitative estimate of drug-likeness (QED) is 0.667. The summed E-state index contributed by atoms with van der Waals surface area (Å²) in [4.78, 5) is 16.7. The summed E-state index contributed by atoms with van der Waals surface area (Å²) in [5.74, 6) is 0. The SMILES string of the molecule is NCC1CCCN1c1nc2cc([N+](=O)[O-])ccc2o1. The molecule has 1 atom stereocenters. The molecule has 1 aromatic heterocycles. The van der Waals surface area contributed by atoms with Crippen molar-refractivity contribution in [2.75, 3.05) is 18.0 Å². The molecule has 1 aliphatic heterocycles. The molecule has 0 spiro atoms. The zero-order valence-electron chi connectivity index (χ0n) is 10.3. The Morgan fingerprint density at radius 1 is 1.58 bits per heavy atom. The minimum atomic E-state index is -0.438. The van der Waals surface area contributed by atoms with Crippen molar-refractivity contribution in [2.24, 2.45) is 5.73 Å². The Hall–Kier alpha value is -2.15. The average Bonchev–Trinajstić information content (AvgIpc) is 3.03. The number of nitrogens with zero attached hydrogens (tertiary/aromatic N) is 3. The fourth-order valence-electron chi connectivity index (χ4n) is 2.47. The number of aromatic nitrogens is 1. The molecule has 19 heavy (non-hydrogen) atoms. The van der Waals surface area contributed by atoms with Crippen LogP contribution in [0.4, 0.5) is 11.7 Å². The van der Waals surface area contributed by atoms with E-state index in [-0.39, 0.29) is 11.7 Å². The first-order chi connectivity index (χ1) is 9.19. The molecular formula is C12H14N4O3. The maximum Gasteiger partial charge on any atom is 0.298 e. The Labute approximate surface area is 109 Å². The van der Waals surface area contributed by atoms with Gasteiger partial charge in [0, 0.05) is 31.3 Å². The minimum Gasteiger partial charge on any atom is -0.423 e. The van der Waals surface area contributed by atoms with Crippen LogP contribution in [-0.2, 0) is 0 Å². The van der Waals surface area contributed by atoms with E-state index in [0.717, 1.165) is 19.4 Å². The van der Waals surface area contributed by atoms with Crippen molar-refractivity contribution in [3.8, 4) is 0 Å². The van der Waals surface area contributed by atoms with Crippen molar-refractivity contribution < 1.29 is 9.34 Å². The molecule has 2 N–H and O–H groups in total. The topological polar surface area (TPSA) is 98.4 Å². The molecule has 0 bridgehead atoms. The largest absolute Gasteiger partial charge is 0.423 e. The van der Waals surface area contributed by atoms with Crippen molar-refractivity contribution >= 4 is 22.8 Å². The predicted molar refractivity (Wildman–Crippen MR) is 70.1 cm³/mol. The first-order valence-corrected chi connectivity index (χ1v) is 6.21. The summed E-state index contributed by atoms with van der Waals surface area (Å²) in [6.45, 7) is 1.41. The van der Waals surface area contributed by atoms with Crippen LogP contribution in [0.1, 0.15) is 12.8 Å². The second-order valence-corrected chi connectivity index (χ2v) is 4.63. The number of hydrogen-bond donors (Lipinski definition) is 1. The number of oxazole rings is 1. The first kappa shape index (κ1) is 11.9. The summed E-state index contributed by atoms with van der Waals surface area (Å²) in [6.07, 6.45) is 2.08. The van der Waals surface area contributed by atoms with Crippen molar-refractivity contribution in [2.45, 2.75) is 18.9 Å². The van der Waals surface area contributed by atoms with Crippen molar-refractivity contribution in [3.05, 3.63) is 28.3 Å². The fourth-order valence-corrected chi connectivity index (χ4v) is 2.47. The Morgan fingerprint density at radius 3 is 3.16 bits per heavy atom. The second kappa shape index (κ2) is 4.51. The molecule has 100 valence electrons. The summed E-state index contributed by atoms with van der Waals surface area (Å²) in [6, 6.07) is 5.17. The van der Waals surface area contributed by atoms with E-state index in [1.165, 1.54) is 12.1 Å². The maximum absolute atomic E-state index is 10.7. The number of nitrogens with two attached hydrogens (primary N) is 1. The van der Waals surface area contributed by atoms with E-state index < -0.39 is 4.92 Å². The normalized spacial score (nSPS) is 19.2. The van der Waals surface area contributed by atoms with Crippen LogP contribution in [-0.4, -0.2) is 29.0 Å². The Kier molecular flexibility index (Phi) is 2.83. The number of non-ortho nitro benzene ring substituents is 1. The molecule has 7 heteroatoms. The second-order valence-electron chi connectivity index (χ2n) is 4.63. The molecule has 0 amide bonds. The number of fused-ring (bicyclic) bond motifs is 1. The van der Waals surface area contributed by atoms with Gasteiger partial charge in [0.25, 0.3) is 11.7 Å². The van der Waals surface area contributed by atoms with Crippen molar-refractivity contribution in [3.63, 3.8) is 0 Å². The van der Waals surface area contributed by atoms with Crippen molar-refractivity contribution in [1.82, 2.24) is 4.98 Å². The maximum atomic E-state index is 10.7. The predicted octanol–water partition coefficient (Wildman–Crippen LogP) is 1.66. The van der Waals surface area contributed by atoms with Gasteiger partial charge in [-0.25, -0.2) is 0 Å². The van der Waals surface area contributed by atoms with Gasteiger partial charge in [0.2, 0.25) is 0 Å². The molecule has 0 aliphatic carbocycles.